The van der Waals surface area contributed by atoms with Crippen molar-refractivity contribution in [2.75, 3.05) is 0 Å². The molecule has 4 heteroatoms. The Labute approximate surface area is 171 Å². The number of aromatic amines is 2. The fourth-order valence-corrected chi connectivity index (χ4v) is 3.99. The molecule has 29 heavy (non-hydrogen) atoms. The summed E-state index contributed by atoms with van der Waals surface area (Å²) < 4.78 is 0. The zero-order valence-electron chi connectivity index (χ0n) is 16.7. The van der Waals surface area contributed by atoms with Gasteiger partial charge < -0.3 is 9.97 Å². The number of aryl methyl sites for hydroxylation is 1. The lowest BCUT2D eigenvalue weighted by molar-refractivity contribution is 1.25. The number of fused-ring (bicyclic) bond motifs is 1. The Kier molecular flexibility index (Phi) is 4.32. The van der Waals surface area contributed by atoms with E-state index in [2.05, 4.69) is 96.5 Å². The van der Waals surface area contributed by atoms with E-state index in [0.29, 0.717) is 0 Å². The molecule has 0 bridgehead atoms. The maximum absolute atomic E-state index is 5.08. The van der Waals surface area contributed by atoms with Gasteiger partial charge in [-0.25, -0.2) is 4.98 Å². The SMILES string of the molecule is CBc1ccc(-c2[nH]c(-c3c(C)[nH]c4ccccc34)nc2-c2ccccc2)cc1. The Morgan fingerprint density at radius 2 is 1.48 bits per heavy atom. The van der Waals surface area contributed by atoms with Crippen LogP contribution in [0.2, 0.25) is 6.82 Å². The fraction of sp³-hybridized carbons (Fsp3) is 0.0800. The molecule has 0 aliphatic rings. The number of aromatic nitrogens is 3. The number of hydrogen-bond acceptors (Lipinski definition) is 1. The summed E-state index contributed by atoms with van der Waals surface area (Å²) in [4.78, 5) is 12.2. The third-order valence-corrected chi connectivity index (χ3v) is 5.53. The quantitative estimate of drug-likeness (QED) is 0.411. The molecular weight excluding hydrogens is 353 g/mol. The van der Waals surface area contributed by atoms with Crippen molar-refractivity contribution >= 4 is 23.6 Å². The van der Waals surface area contributed by atoms with Gasteiger partial charge in [0.1, 0.15) is 5.82 Å². The van der Waals surface area contributed by atoms with Crippen LogP contribution in [0.15, 0.2) is 78.9 Å². The van der Waals surface area contributed by atoms with Crippen molar-refractivity contribution in [3.05, 3.63) is 84.6 Å². The molecule has 5 rings (SSSR count). The topological polar surface area (TPSA) is 44.5 Å². The summed E-state index contributed by atoms with van der Waals surface area (Å²) in [5.41, 5.74) is 9.02. The second-order valence-electron chi connectivity index (χ2n) is 7.40. The van der Waals surface area contributed by atoms with Crippen LogP contribution in [0, 0.1) is 6.92 Å². The summed E-state index contributed by atoms with van der Waals surface area (Å²) in [5, 5.41) is 1.19. The lowest BCUT2D eigenvalue weighted by Crippen LogP contribution is -2.08. The number of nitrogens with zero attached hydrogens (tertiary/aromatic N) is 1. The molecule has 3 nitrogen and oxygen atoms in total. The maximum atomic E-state index is 5.08. The van der Waals surface area contributed by atoms with Gasteiger partial charge in [-0.05, 0) is 13.0 Å². The van der Waals surface area contributed by atoms with Gasteiger partial charge in [-0.2, -0.15) is 0 Å². The number of benzene rings is 3. The van der Waals surface area contributed by atoms with E-state index in [0.717, 1.165) is 52.4 Å². The first-order chi connectivity index (χ1) is 14.2. The highest BCUT2D eigenvalue weighted by Crippen LogP contribution is 2.36. The second kappa shape index (κ2) is 7.14. The summed E-state index contributed by atoms with van der Waals surface area (Å²) in [7, 11) is 1.04. The van der Waals surface area contributed by atoms with Crippen LogP contribution in [-0.4, -0.2) is 22.2 Å². The third kappa shape index (κ3) is 3.07. The average Bonchev–Trinajstić information content (AvgIpc) is 3.34. The predicted octanol–water partition coefficient (Wildman–Crippen LogP) is 5.31. The molecule has 3 aromatic carbocycles. The lowest BCUT2D eigenvalue weighted by atomic mass is 9.73. The highest BCUT2D eigenvalue weighted by Gasteiger charge is 2.19. The third-order valence-electron chi connectivity index (χ3n) is 5.53. The van der Waals surface area contributed by atoms with Gasteiger partial charge in [0.2, 0.25) is 0 Å². The average molecular weight is 375 g/mol. The summed E-state index contributed by atoms with van der Waals surface area (Å²) >= 11 is 0. The van der Waals surface area contributed by atoms with E-state index in [-0.39, 0.29) is 0 Å². The molecule has 0 amide bonds. The van der Waals surface area contributed by atoms with Gasteiger partial charge >= 0.3 is 0 Å². The number of nitrogens with one attached hydrogen (secondary N) is 2. The molecule has 2 aromatic heterocycles. The summed E-state index contributed by atoms with van der Waals surface area (Å²) in [6, 6.07) is 27.5. The molecule has 5 aromatic rings. The Hall–Kier alpha value is -3.53. The molecule has 0 saturated heterocycles. The van der Waals surface area contributed by atoms with Gasteiger partial charge in [-0.3, -0.25) is 0 Å². The normalized spacial score (nSPS) is 11.1. The van der Waals surface area contributed by atoms with E-state index < -0.39 is 0 Å². The first-order valence-electron chi connectivity index (χ1n) is 10.1. The molecule has 0 atom stereocenters. The van der Waals surface area contributed by atoms with Crippen LogP contribution < -0.4 is 5.46 Å². The number of para-hydroxylation sites is 1. The first-order valence-corrected chi connectivity index (χ1v) is 10.1. The van der Waals surface area contributed by atoms with E-state index in [1.807, 2.05) is 6.07 Å². The smallest absolute Gasteiger partial charge is 0.154 e. The number of imidazole rings is 1. The highest BCUT2D eigenvalue weighted by molar-refractivity contribution is 6.51. The molecular formula is C25H22BN3. The van der Waals surface area contributed by atoms with Crippen molar-refractivity contribution in [1.82, 2.24) is 15.0 Å². The Morgan fingerprint density at radius 3 is 2.24 bits per heavy atom. The van der Waals surface area contributed by atoms with Crippen LogP contribution in [0.4, 0.5) is 0 Å². The van der Waals surface area contributed by atoms with Crippen molar-refractivity contribution < 1.29 is 0 Å². The van der Waals surface area contributed by atoms with E-state index in [1.54, 1.807) is 0 Å². The molecule has 0 aliphatic heterocycles. The Balaban J connectivity index is 1.74. The van der Waals surface area contributed by atoms with Gasteiger partial charge in [-0.15, -0.1) is 0 Å². The van der Waals surface area contributed by atoms with Gasteiger partial charge in [0, 0.05) is 33.3 Å². The summed E-state index contributed by atoms with van der Waals surface area (Å²) in [6.45, 7) is 4.29. The van der Waals surface area contributed by atoms with Gasteiger partial charge in [-0.1, -0.05) is 85.1 Å². The zero-order chi connectivity index (χ0) is 19.8. The molecule has 140 valence electrons. The minimum absolute atomic E-state index is 0.897. The molecule has 0 radical (unpaired) electrons. The standard InChI is InChI=1S/C25H22BN3/c1-16-22(20-10-6-7-11-21(20)27-16)25-28-23(17-8-4-3-5-9-17)24(29-25)18-12-14-19(26-2)15-13-18/h3-15,26-27H,1-2H3,(H,28,29). The lowest BCUT2D eigenvalue weighted by Gasteiger charge is -2.04. The zero-order valence-corrected chi connectivity index (χ0v) is 16.7. The molecule has 0 unspecified atom stereocenters. The number of H-pyrrole nitrogens is 2. The molecule has 0 fully saturated rings. The second-order valence-corrected chi connectivity index (χ2v) is 7.40. The van der Waals surface area contributed by atoms with Crippen molar-refractivity contribution in [3.63, 3.8) is 0 Å². The van der Waals surface area contributed by atoms with E-state index in [9.17, 15) is 0 Å². The van der Waals surface area contributed by atoms with Gasteiger partial charge in [0.25, 0.3) is 0 Å². The van der Waals surface area contributed by atoms with Crippen LogP contribution in [-0.2, 0) is 0 Å². The number of rotatable bonds is 4. The first kappa shape index (κ1) is 17.6. The molecule has 2 heterocycles. The van der Waals surface area contributed by atoms with Gasteiger partial charge in [0.05, 0.1) is 11.4 Å². The molecule has 0 aliphatic carbocycles. The van der Waals surface area contributed by atoms with Crippen LogP contribution in [0.3, 0.4) is 0 Å². The highest BCUT2D eigenvalue weighted by atomic mass is 14.9. The Bertz CT molecular complexity index is 1280. The monoisotopic (exact) mass is 375 g/mol. The van der Waals surface area contributed by atoms with Crippen molar-refractivity contribution in [3.8, 4) is 33.9 Å². The minimum atomic E-state index is 0.897. The van der Waals surface area contributed by atoms with E-state index in [4.69, 9.17) is 4.98 Å². The number of hydrogen-bond donors (Lipinski definition) is 2. The van der Waals surface area contributed by atoms with Crippen molar-refractivity contribution in [2.24, 2.45) is 0 Å². The minimum Gasteiger partial charge on any atom is -0.358 e. The van der Waals surface area contributed by atoms with E-state index >= 15 is 0 Å². The van der Waals surface area contributed by atoms with Crippen LogP contribution in [0.1, 0.15) is 5.69 Å². The van der Waals surface area contributed by atoms with Crippen LogP contribution in [0.25, 0.3) is 44.8 Å². The molecule has 0 saturated carbocycles. The Morgan fingerprint density at radius 1 is 0.759 bits per heavy atom. The molecule has 0 spiro atoms. The van der Waals surface area contributed by atoms with Crippen LogP contribution in [0.5, 0.6) is 0 Å². The van der Waals surface area contributed by atoms with Gasteiger partial charge in [0.15, 0.2) is 7.28 Å². The van der Waals surface area contributed by atoms with Crippen molar-refractivity contribution in [1.29, 1.82) is 0 Å². The van der Waals surface area contributed by atoms with Crippen molar-refractivity contribution in [2.45, 2.75) is 13.7 Å². The predicted molar refractivity (Wildman–Crippen MR) is 124 cm³/mol. The molecule has 2 N–H and O–H groups in total. The van der Waals surface area contributed by atoms with E-state index in [1.165, 1.54) is 10.8 Å². The fourth-order valence-electron chi connectivity index (χ4n) is 3.99. The van der Waals surface area contributed by atoms with Crippen LogP contribution >= 0.6 is 0 Å². The summed E-state index contributed by atoms with van der Waals surface area (Å²) in [6.07, 6.45) is 0. The largest absolute Gasteiger partial charge is 0.358 e. The summed E-state index contributed by atoms with van der Waals surface area (Å²) in [5.74, 6) is 0.897. The maximum Gasteiger partial charge on any atom is 0.154 e.